The van der Waals surface area contributed by atoms with Crippen molar-refractivity contribution in [2.24, 2.45) is 5.73 Å². The van der Waals surface area contributed by atoms with E-state index in [-0.39, 0.29) is 18.1 Å². The molecule has 21 heavy (non-hydrogen) atoms. The molecule has 3 N–H and O–H groups in total. The highest BCUT2D eigenvalue weighted by Crippen LogP contribution is 2.19. The van der Waals surface area contributed by atoms with Crippen molar-refractivity contribution in [3.05, 3.63) is 42.1 Å². The predicted molar refractivity (Wildman–Crippen MR) is 80.5 cm³/mol. The molecule has 1 aromatic heterocycles. The Bertz CT molecular complexity index is 639. The molecule has 1 aromatic carbocycles. The fourth-order valence-electron chi connectivity index (χ4n) is 2.68. The molecule has 110 valence electrons. The molecule has 1 saturated heterocycles. The lowest BCUT2D eigenvalue weighted by molar-refractivity contribution is -0.132. The van der Waals surface area contributed by atoms with Crippen molar-refractivity contribution in [1.82, 2.24) is 10.3 Å². The molecule has 1 amide bonds. The maximum Gasteiger partial charge on any atom is 0.249 e. The van der Waals surface area contributed by atoms with Crippen molar-refractivity contribution in [3.8, 4) is 0 Å². The number of fused-ring (bicyclic) bond motifs is 1. The van der Waals surface area contributed by atoms with E-state index in [2.05, 4.69) is 10.3 Å². The molecule has 2 aromatic rings. The zero-order valence-electron chi connectivity index (χ0n) is 11.8. The van der Waals surface area contributed by atoms with Crippen LogP contribution in [0.15, 0.2) is 36.5 Å². The summed E-state index contributed by atoms with van der Waals surface area (Å²) in [6.07, 6.45) is 2.99. The summed E-state index contributed by atoms with van der Waals surface area (Å²) >= 11 is 0. The molecule has 1 aliphatic heterocycles. The number of hydrogen-bond acceptors (Lipinski definition) is 4. The molecule has 0 bridgehead atoms. The van der Waals surface area contributed by atoms with Gasteiger partial charge in [-0.25, -0.2) is 0 Å². The van der Waals surface area contributed by atoms with Gasteiger partial charge in [-0.3, -0.25) is 9.78 Å². The van der Waals surface area contributed by atoms with E-state index in [4.69, 9.17) is 10.5 Å². The van der Waals surface area contributed by atoms with Crippen LogP contribution in [-0.4, -0.2) is 29.6 Å². The number of benzene rings is 1. The molecule has 0 saturated carbocycles. The van der Waals surface area contributed by atoms with Gasteiger partial charge in [-0.1, -0.05) is 24.3 Å². The number of pyridine rings is 1. The van der Waals surface area contributed by atoms with Crippen molar-refractivity contribution < 1.29 is 9.53 Å². The Kier molecular flexibility index (Phi) is 4.13. The average Bonchev–Trinajstić information content (AvgIpc) is 3.01. The van der Waals surface area contributed by atoms with Gasteiger partial charge < -0.3 is 15.8 Å². The first-order chi connectivity index (χ1) is 10.3. The maximum atomic E-state index is 12.1. The fraction of sp³-hybridized carbons (Fsp3) is 0.375. The Labute approximate surface area is 123 Å². The van der Waals surface area contributed by atoms with E-state index in [1.54, 1.807) is 6.20 Å². The summed E-state index contributed by atoms with van der Waals surface area (Å²) in [6, 6.07) is 9.89. The Morgan fingerprint density at radius 2 is 2.19 bits per heavy atom. The van der Waals surface area contributed by atoms with Gasteiger partial charge in [0.1, 0.15) is 6.10 Å². The van der Waals surface area contributed by atoms with Crippen molar-refractivity contribution in [3.63, 3.8) is 0 Å². The summed E-state index contributed by atoms with van der Waals surface area (Å²) in [5.41, 5.74) is 7.49. The Balaban J connectivity index is 1.65. The fourth-order valence-corrected chi connectivity index (χ4v) is 2.68. The normalized spacial score (nSPS) is 21.6. The smallest absolute Gasteiger partial charge is 0.249 e. The summed E-state index contributed by atoms with van der Waals surface area (Å²) in [5, 5.41) is 4.01. The van der Waals surface area contributed by atoms with Crippen LogP contribution in [0.1, 0.15) is 18.4 Å². The van der Waals surface area contributed by atoms with E-state index in [1.807, 2.05) is 30.3 Å². The predicted octanol–water partition coefficient (Wildman–Crippen LogP) is 1.36. The second kappa shape index (κ2) is 6.20. The molecule has 1 fully saturated rings. The molecule has 3 rings (SSSR count). The van der Waals surface area contributed by atoms with E-state index in [9.17, 15) is 4.79 Å². The minimum absolute atomic E-state index is 0.0139. The van der Waals surface area contributed by atoms with Crippen molar-refractivity contribution in [2.45, 2.75) is 31.6 Å². The number of ether oxygens (including phenoxy) is 1. The molecule has 5 nitrogen and oxygen atoms in total. The van der Waals surface area contributed by atoms with Crippen LogP contribution < -0.4 is 11.1 Å². The first kappa shape index (κ1) is 14.0. The van der Waals surface area contributed by atoms with Crippen LogP contribution >= 0.6 is 0 Å². The van der Waals surface area contributed by atoms with E-state index >= 15 is 0 Å². The van der Waals surface area contributed by atoms with Crippen LogP contribution in [0.5, 0.6) is 0 Å². The van der Waals surface area contributed by atoms with Crippen molar-refractivity contribution >= 4 is 16.8 Å². The summed E-state index contributed by atoms with van der Waals surface area (Å²) < 4.78 is 5.60. The number of amides is 1. The van der Waals surface area contributed by atoms with Crippen LogP contribution in [0.25, 0.3) is 10.9 Å². The summed E-state index contributed by atoms with van der Waals surface area (Å²) in [4.78, 5) is 16.5. The molecular formula is C16H19N3O2. The number of rotatable bonds is 4. The third-order valence-corrected chi connectivity index (χ3v) is 3.83. The van der Waals surface area contributed by atoms with Crippen LogP contribution in [0.4, 0.5) is 0 Å². The Hall–Kier alpha value is -1.98. The lowest BCUT2D eigenvalue weighted by Crippen LogP contribution is -2.35. The van der Waals surface area contributed by atoms with Gasteiger partial charge in [0.2, 0.25) is 5.91 Å². The minimum Gasteiger partial charge on any atom is -0.364 e. The molecule has 2 atom stereocenters. The highest BCUT2D eigenvalue weighted by molar-refractivity contribution is 5.84. The number of para-hydroxylation sites is 1. The third-order valence-electron chi connectivity index (χ3n) is 3.83. The molecule has 5 heteroatoms. The van der Waals surface area contributed by atoms with Gasteiger partial charge in [0.05, 0.1) is 11.6 Å². The molecule has 0 spiro atoms. The highest BCUT2D eigenvalue weighted by Gasteiger charge is 2.29. The number of carbonyl (C=O) groups excluding carboxylic acids is 1. The SMILES string of the molecule is NCC1CCC(C(=O)NCc2cccc3cccnc23)O1. The molecule has 2 heterocycles. The second-order valence-corrected chi connectivity index (χ2v) is 5.27. The summed E-state index contributed by atoms with van der Waals surface area (Å²) in [7, 11) is 0. The van der Waals surface area contributed by atoms with Crippen LogP contribution in [0.3, 0.4) is 0 Å². The first-order valence-corrected chi connectivity index (χ1v) is 7.24. The van der Waals surface area contributed by atoms with Crippen LogP contribution in [0.2, 0.25) is 0 Å². The number of aromatic nitrogens is 1. The third kappa shape index (κ3) is 3.04. The highest BCUT2D eigenvalue weighted by atomic mass is 16.5. The molecule has 0 radical (unpaired) electrons. The van der Waals surface area contributed by atoms with Crippen LogP contribution in [0, 0.1) is 0 Å². The zero-order chi connectivity index (χ0) is 14.7. The van der Waals surface area contributed by atoms with Gasteiger partial charge >= 0.3 is 0 Å². The van der Waals surface area contributed by atoms with E-state index in [0.717, 1.165) is 29.3 Å². The van der Waals surface area contributed by atoms with Crippen LogP contribution in [-0.2, 0) is 16.1 Å². The molecular weight excluding hydrogens is 266 g/mol. The monoisotopic (exact) mass is 285 g/mol. The number of hydrogen-bond donors (Lipinski definition) is 2. The van der Waals surface area contributed by atoms with Gasteiger partial charge in [0.15, 0.2) is 0 Å². The standard InChI is InChI=1S/C16H19N3O2/c17-9-13-6-7-14(21-13)16(20)19-10-12-4-1-3-11-5-2-8-18-15(11)12/h1-5,8,13-14H,6-7,9-10,17H2,(H,19,20). The van der Waals surface area contributed by atoms with Crippen molar-refractivity contribution in [1.29, 1.82) is 0 Å². The number of nitrogens with two attached hydrogens (primary N) is 1. The molecule has 2 unspecified atom stereocenters. The largest absolute Gasteiger partial charge is 0.364 e. The van der Waals surface area contributed by atoms with E-state index in [0.29, 0.717) is 13.1 Å². The molecule has 0 aliphatic carbocycles. The number of carbonyl (C=O) groups is 1. The summed E-state index contributed by atoms with van der Waals surface area (Å²) in [5.74, 6) is -0.0705. The van der Waals surface area contributed by atoms with Gasteiger partial charge in [-0.15, -0.1) is 0 Å². The lowest BCUT2D eigenvalue weighted by Gasteiger charge is -2.13. The van der Waals surface area contributed by atoms with E-state index in [1.165, 1.54) is 0 Å². The van der Waals surface area contributed by atoms with Gasteiger partial charge in [0.25, 0.3) is 0 Å². The first-order valence-electron chi connectivity index (χ1n) is 7.24. The van der Waals surface area contributed by atoms with E-state index < -0.39 is 0 Å². The average molecular weight is 285 g/mol. The minimum atomic E-state index is -0.374. The quantitative estimate of drug-likeness (QED) is 0.889. The van der Waals surface area contributed by atoms with Crippen molar-refractivity contribution in [2.75, 3.05) is 6.54 Å². The van der Waals surface area contributed by atoms with Gasteiger partial charge in [-0.05, 0) is 24.5 Å². The Morgan fingerprint density at radius 1 is 1.33 bits per heavy atom. The maximum absolute atomic E-state index is 12.1. The number of nitrogens with one attached hydrogen (secondary N) is 1. The zero-order valence-corrected chi connectivity index (χ0v) is 11.8. The second-order valence-electron chi connectivity index (χ2n) is 5.27. The summed E-state index contributed by atoms with van der Waals surface area (Å²) in [6.45, 7) is 0.928. The lowest BCUT2D eigenvalue weighted by atomic mass is 10.1. The van der Waals surface area contributed by atoms with Gasteiger partial charge in [0, 0.05) is 24.7 Å². The van der Waals surface area contributed by atoms with Gasteiger partial charge in [-0.2, -0.15) is 0 Å². The number of nitrogens with zero attached hydrogens (tertiary/aromatic N) is 1. The molecule has 1 aliphatic rings. The Morgan fingerprint density at radius 3 is 3.00 bits per heavy atom. The topological polar surface area (TPSA) is 77.2 Å².